The molecule has 0 saturated heterocycles. The van der Waals surface area contributed by atoms with Crippen LogP contribution in [0.3, 0.4) is 0 Å². The Balaban J connectivity index is 2.50. The maximum Gasteiger partial charge on any atom is 0.325 e. The van der Waals surface area contributed by atoms with Gasteiger partial charge in [0.25, 0.3) is 0 Å². The average molecular weight is 265 g/mol. The van der Waals surface area contributed by atoms with Crippen molar-refractivity contribution in [2.24, 2.45) is 0 Å². The van der Waals surface area contributed by atoms with Gasteiger partial charge >= 0.3 is 5.97 Å². The normalized spacial score (nSPS) is 9.84. The van der Waals surface area contributed by atoms with E-state index in [1.54, 1.807) is 14.0 Å². The first-order valence-electron chi connectivity index (χ1n) is 6.12. The summed E-state index contributed by atoms with van der Waals surface area (Å²) in [7, 11) is 1.59. The van der Waals surface area contributed by atoms with Gasteiger partial charge in [0.15, 0.2) is 0 Å². The van der Waals surface area contributed by atoms with Gasteiger partial charge in [0.1, 0.15) is 12.3 Å². The van der Waals surface area contributed by atoms with E-state index in [1.807, 2.05) is 25.1 Å². The van der Waals surface area contributed by atoms with Crippen molar-refractivity contribution in [3.8, 4) is 5.75 Å². The van der Waals surface area contributed by atoms with Crippen LogP contribution in [0.4, 0.5) is 0 Å². The highest BCUT2D eigenvalue weighted by atomic mass is 16.5. The van der Waals surface area contributed by atoms with Gasteiger partial charge < -0.3 is 14.8 Å². The third kappa shape index (κ3) is 4.99. The standard InChI is InChI=1S/C14H19NO4/c1-4-19-14(17)9-15-13(16)8-11-6-5-10(2)12(7-11)18-3/h5-7H,4,8-9H2,1-3H3,(H,15,16). The molecule has 1 rings (SSSR count). The van der Waals surface area contributed by atoms with E-state index in [0.717, 1.165) is 16.9 Å². The van der Waals surface area contributed by atoms with E-state index in [1.165, 1.54) is 0 Å². The topological polar surface area (TPSA) is 64.6 Å². The van der Waals surface area contributed by atoms with Crippen molar-refractivity contribution in [3.05, 3.63) is 29.3 Å². The summed E-state index contributed by atoms with van der Waals surface area (Å²) in [6, 6.07) is 5.58. The second-order valence-corrected chi connectivity index (χ2v) is 4.06. The molecule has 104 valence electrons. The number of aryl methyl sites for hydroxylation is 1. The summed E-state index contributed by atoms with van der Waals surface area (Å²) in [5.74, 6) is 0.0898. The number of rotatable bonds is 6. The zero-order chi connectivity index (χ0) is 14.3. The van der Waals surface area contributed by atoms with Gasteiger partial charge in [0.2, 0.25) is 5.91 Å². The molecule has 0 aliphatic carbocycles. The molecule has 1 aromatic rings. The molecule has 0 saturated carbocycles. The Bertz CT molecular complexity index is 457. The summed E-state index contributed by atoms with van der Waals surface area (Å²) >= 11 is 0. The van der Waals surface area contributed by atoms with Crippen molar-refractivity contribution in [1.82, 2.24) is 5.32 Å². The molecule has 1 N–H and O–H groups in total. The van der Waals surface area contributed by atoms with Gasteiger partial charge in [-0.1, -0.05) is 12.1 Å². The first-order chi connectivity index (χ1) is 9.06. The average Bonchev–Trinajstić information content (AvgIpc) is 2.39. The second kappa shape index (κ2) is 7.41. The molecule has 19 heavy (non-hydrogen) atoms. The summed E-state index contributed by atoms with van der Waals surface area (Å²) < 4.78 is 9.91. The van der Waals surface area contributed by atoms with Crippen molar-refractivity contribution in [3.63, 3.8) is 0 Å². The van der Waals surface area contributed by atoms with E-state index >= 15 is 0 Å². The molecule has 0 aliphatic heterocycles. The lowest BCUT2D eigenvalue weighted by atomic mass is 10.1. The highest BCUT2D eigenvalue weighted by Crippen LogP contribution is 2.19. The SMILES string of the molecule is CCOC(=O)CNC(=O)Cc1ccc(C)c(OC)c1. The minimum atomic E-state index is -0.433. The second-order valence-electron chi connectivity index (χ2n) is 4.06. The van der Waals surface area contributed by atoms with Crippen molar-refractivity contribution in [2.75, 3.05) is 20.3 Å². The molecule has 0 aliphatic rings. The Hall–Kier alpha value is -2.04. The quantitative estimate of drug-likeness (QED) is 0.786. The monoisotopic (exact) mass is 265 g/mol. The number of benzene rings is 1. The maximum atomic E-state index is 11.6. The number of hydrogen-bond donors (Lipinski definition) is 1. The molecule has 0 aromatic heterocycles. The Morgan fingerprint density at radius 1 is 1.32 bits per heavy atom. The molecular weight excluding hydrogens is 246 g/mol. The largest absolute Gasteiger partial charge is 0.496 e. The molecule has 0 heterocycles. The summed E-state index contributed by atoms with van der Waals surface area (Å²) in [6.07, 6.45) is 0.204. The lowest BCUT2D eigenvalue weighted by Gasteiger charge is -2.08. The summed E-state index contributed by atoms with van der Waals surface area (Å²) in [5.41, 5.74) is 1.85. The van der Waals surface area contributed by atoms with Crippen LogP contribution in [0.15, 0.2) is 18.2 Å². The number of methoxy groups -OCH3 is 1. The Labute approximate surface area is 112 Å². The molecule has 0 unspecified atom stereocenters. The van der Waals surface area contributed by atoms with Crippen LogP contribution in [-0.2, 0) is 20.7 Å². The molecule has 1 amide bonds. The van der Waals surface area contributed by atoms with E-state index in [2.05, 4.69) is 5.32 Å². The van der Waals surface area contributed by atoms with Crippen LogP contribution in [0.5, 0.6) is 5.75 Å². The highest BCUT2D eigenvalue weighted by Gasteiger charge is 2.08. The van der Waals surface area contributed by atoms with E-state index < -0.39 is 5.97 Å². The molecule has 0 fully saturated rings. The number of esters is 1. The van der Waals surface area contributed by atoms with E-state index in [9.17, 15) is 9.59 Å². The maximum absolute atomic E-state index is 11.6. The van der Waals surface area contributed by atoms with Gasteiger partial charge in [0.05, 0.1) is 20.1 Å². The summed E-state index contributed by atoms with van der Waals surface area (Å²) in [6.45, 7) is 3.86. The molecule has 1 aromatic carbocycles. The molecular formula is C14H19NO4. The smallest absolute Gasteiger partial charge is 0.325 e. The predicted octanol–water partition coefficient (Wildman–Crippen LogP) is 1.23. The van der Waals surface area contributed by atoms with Crippen LogP contribution in [0.25, 0.3) is 0 Å². The van der Waals surface area contributed by atoms with Crippen LogP contribution in [-0.4, -0.2) is 32.1 Å². The Morgan fingerprint density at radius 2 is 2.05 bits per heavy atom. The zero-order valence-electron chi connectivity index (χ0n) is 11.5. The van der Waals surface area contributed by atoms with Crippen LogP contribution in [0, 0.1) is 6.92 Å². The fourth-order valence-electron chi connectivity index (χ4n) is 1.61. The lowest BCUT2D eigenvalue weighted by Crippen LogP contribution is -2.31. The minimum Gasteiger partial charge on any atom is -0.496 e. The minimum absolute atomic E-state index is 0.102. The Kier molecular flexibility index (Phi) is 5.85. The molecule has 0 atom stereocenters. The first kappa shape index (κ1) is 15.0. The molecule has 0 radical (unpaired) electrons. The van der Waals surface area contributed by atoms with E-state index in [-0.39, 0.29) is 18.9 Å². The van der Waals surface area contributed by atoms with Crippen LogP contribution >= 0.6 is 0 Å². The van der Waals surface area contributed by atoms with E-state index in [4.69, 9.17) is 9.47 Å². The Morgan fingerprint density at radius 3 is 2.68 bits per heavy atom. The number of carbonyl (C=O) groups excluding carboxylic acids is 2. The van der Waals surface area contributed by atoms with Gasteiger partial charge in [-0.05, 0) is 31.0 Å². The van der Waals surface area contributed by atoms with Gasteiger partial charge in [-0.15, -0.1) is 0 Å². The highest BCUT2D eigenvalue weighted by molar-refractivity contribution is 5.83. The number of ether oxygens (including phenoxy) is 2. The van der Waals surface area contributed by atoms with Crippen molar-refractivity contribution in [1.29, 1.82) is 0 Å². The van der Waals surface area contributed by atoms with Crippen molar-refractivity contribution >= 4 is 11.9 Å². The summed E-state index contributed by atoms with van der Waals surface area (Å²) in [5, 5.41) is 2.51. The van der Waals surface area contributed by atoms with Gasteiger partial charge in [-0.2, -0.15) is 0 Å². The number of nitrogens with one attached hydrogen (secondary N) is 1. The fraction of sp³-hybridized carbons (Fsp3) is 0.429. The zero-order valence-corrected chi connectivity index (χ0v) is 11.5. The van der Waals surface area contributed by atoms with Crippen molar-refractivity contribution < 1.29 is 19.1 Å². The van der Waals surface area contributed by atoms with Gasteiger partial charge in [-0.3, -0.25) is 9.59 Å². The molecule has 5 heteroatoms. The van der Waals surface area contributed by atoms with Crippen LogP contribution in [0.1, 0.15) is 18.1 Å². The van der Waals surface area contributed by atoms with Crippen LogP contribution < -0.4 is 10.1 Å². The first-order valence-corrected chi connectivity index (χ1v) is 6.12. The lowest BCUT2D eigenvalue weighted by molar-refractivity contribution is -0.143. The van der Waals surface area contributed by atoms with Crippen molar-refractivity contribution in [2.45, 2.75) is 20.3 Å². The number of hydrogen-bond acceptors (Lipinski definition) is 4. The summed E-state index contributed by atoms with van der Waals surface area (Å²) in [4.78, 5) is 22.7. The number of amides is 1. The molecule has 0 spiro atoms. The van der Waals surface area contributed by atoms with Gasteiger partial charge in [-0.25, -0.2) is 0 Å². The van der Waals surface area contributed by atoms with Gasteiger partial charge in [0, 0.05) is 0 Å². The number of carbonyl (C=O) groups is 2. The third-order valence-electron chi connectivity index (χ3n) is 2.57. The molecule has 5 nitrogen and oxygen atoms in total. The predicted molar refractivity (Wildman–Crippen MR) is 71.1 cm³/mol. The third-order valence-corrected chi connectivity index (χ3v) is 2.57. The van der Waals surface area contributed by atoms with Crippen LogP contribution in [0.2, 0.25) is 0 Å². The van der Waals surface area contributed by atoms with E-state index in [0.29, 0.717) is 6.61 Å². The molecule has 0 bridgehead atoms. The fourth-order valence-corrected chi connectivity index (χ4v) is 1.61.